The van der Waals surface area contributed by atoms with E-state index in [4.69, 9.17) is 23.2 Å². The monoisotopic (exact) mass is 438 g/mol. The molecule has 0 aliphatic rings. The van der Waals surface area contributed by atoms with Crippen LogP contribution in [0.5, 0.6) is 0 Å². The Balaban J connectivity index is 2.07. The molecule has 0 saturated heterocycles. The van der Waals surface area contributed by atoms with Crippen molar-refractivity contribution in [3.05, 3.63) is 69.2 Å². The minimum atomic E-state index is -0.607. The van der Waals surface area contributed by atoms with Crippen LogP contribution in [-0.4, -0.2) is 35.6 Å². The van der Waals surface area contributed by atoms with E-state index in [1.54, 1.807) is 37.1 Å². The number of carbonyl (C=O) groups is 2. The van der Waals surface area contributed by atoms with E-state index in [-0.39, 0.29) is 24.1 Å². The van der Waals surface area contributed by atoms with E-state index < -0.39 is 6.04 Å². The third kappa shape index (κ3) is 6.43. The molecule has 0 radical (unpaired) electrons. The van der Waals surface area contributed by atoms with Gasteiger partial charge in [-0.25, -0.2) is 0 Å². The maximum atomic E-state index is 12.9. The summed E-state index contributed by atoms with van der Waals surface area (Å²) in [5.74, 6) is 0.678. The standard InChI is InChI=1S/C21H24Cl2N2O2S/c1-14-4-6-16(7-5-14)12-28-13-20(26)25(15(2)21(27)24-3)11-17-8-9-18(22)10-19(17)23/h4-10,15H,11-13H2,1-3H3,(H,24,27). The van der Waals surface area contributed by atoms with Crippen LogP contribution in [0.3, 0.4) is 0 Å². The smallest absolute Gasteiger partial charge is 0.242 e. The number of likely N-dealkylation sites (N-methyl/N-ethyl adjacent to an activating group) is 1. The molecule has 1 atom stereocenters. The van der Waals surface area contributed by atoms with E-state index >= 15 is 0 Å². The fraction of sp³-hybridized carbons (Fsp3) is 0.333. The Hall–Kier alpha value is -1.69. The molecular weight excluding hydrogens is 415 g/mol. The predicted octanol–water partition coefficient (Wildman–Crippen LogP) is 4.70. The summed E-state index contributed by atoms with van der Waals surface area (Å²) < 4.78 is 0. The van der Waals surface area contributed by atoms with Gasteiger partial charge in [-0.3, -0.25) is 9.59 Å². The van der Waals surface area contributed by atoms with Gasteiger partial charge in [0.25, 0.3) is 0 Å². The number of halogens is 2. The van der Waals surface area contributed by atoms with Crippen molar-refractivity contribution in [1.82, 2.24) is 10.2 Å². The number of hydrogen-bond acceptors (Lipinski definition) is 3. The molecular formula is C21H24Cl2N2O2S. The van der Waals surface area contributed by atoms with Crippen LogP contribution in [0.4, 0.5) is 0 Å². The van der Waals surface area contributed by atoms with Gasteiger partial charge in [0.2, 0.25) is 11.8 Å². The first kappa shape index (κ1) is 22.6. The van der Waals surface area contributed by atoms with Gasteiger partial charge >= 0.3 is 0 Å². The second kappa shape index (κ2) is 10.7. The highest BCUT2D eigenvalue weighted by molar-refractivity contribution is 7.99. The number of aryl methyl sites for hydroxylation is 1. The van der Waals surface area contributed by atoms with Gasteiger partial charge in [-0.1, -0.05) is 59.1 Å². The molecule has 150 valence electrons. The molecule has 0 fully saturated rings. The number of thioether (sulfide) groups is 1. The predicted molar refractivity (Wildman–Crippen MR) is 118 cm³/mol. The molecule has 1 unspecified atom stereocenters. The van der Waals surface area contributed by atoms with E-state index in [0.717, 1.165) is 16.9 Å². The summed E-state index contributed by atoms with van der Waals surface area (Å²) in [6, 6.07) is 12.8. The van der Waals surface area contributed by atoms with Gasteiger partial charge < -0.3 is 10.2 Å². The second-order valence-electron chi connectivity index (χ2n) is 6.53. The molecule has 2 aromatic carbocycles. The van der Waals surface area contributed by atoms with E-state index in [2.05, 4.69) is 29.6 Å². The molecule has 28 heavy (non-hydrogen) atoms. The zero-order valence-electron chi connectivity index (χ0n) is 16.2. The fourth-order valence-electron chi connectivity index (χ4n) is 2.65. The zero-order chi connectivity index (χ0) is 20.7. The van der Waals surface area contributed by atoms with Crippen LogP contribution in [0.15, 0.2) is 42.5 Å². The van der Waals surface area contributed by atoms with Crippen molar-refractivity contribution < 1.29 is 9.59 Å². The van der Waals surface area contributed by atoms with Crippen molar-refractivity contribution in [2.75, 3.05) is 12.8 Å². The van der Waals surface area contributed by atoms with Crippen LogP contribution in [0, 0.1) is 6.92 Å². The molecule has 2 amide bonds. The zero-order valence-corrected chi connectivity index (χ0v) is 18.5. The lowest BCUT2D eigenvalue weighted by atomic mass is 10.1. The van der Waals surface area contributed by atoms with Gasteiger partial charge in [0.1, 0.15) is 6.04 Å². The molecule has 0 spiro atoms. The Morgan fingerprint density at radius 1 is 1.14 bits per heavy atom. The number of benzene rings is 2. The summed E-state index contributed by atoms with van der Waals surface area (Å²) in [4.78, 5) is 26.6. The van der Waals surface area contributed by atoms with Crippen LogP contribution >= 0.6 is 35.0 Å². The lowest BCUT2D eigenvalue weighted by molar-refractivity contribution is -0.138. The molecule has 7 heteroatoms. The van der Waals surface area contributed by atoms with Crippen LogP contribution < -0.4 is 5.32 Å². The minimum absolute atomic E-state index is 0.112. The van der Waals surface area contributed by atoms with Crippen LogP contribution in [0.25, 0.3) is 0 Å². The Labute approximate surface area is 180 Å². The van der Waals surface area contributed by atoms with Crippen LogP contribution in [-0.2, 0) is 21.9 Å². The normalized spacial score (nSPS) is 11.8. The van der Waals surface area contributed by atoms with E-state index in [0.29, 0.717) is 10.0 Å². The van der Waals surface area contributed by atoms with Gasteiger partial charge in [-0.2, -0.15) is 0 Å². The van der Waals surface area contributed by atoms with Gasteiger partial charge in [-0.05, 0) is 37.1 Å². The number of nitrogens with zero attached hydrogens (tertiary/aromatic N) is 1. The first-order valence-corrected chi connectivity index (χ1v) is 10.8. The lowest BCUT2D eigenvalue weighted by Crippen LogP contribution is -2.47. The summed E-state index contributed by atoms with van der Waals surface area (Å²) >= 11 is 13.7. The summed E-state index contributed by atoms with van der Waals surface area (Å²) in [6.45, 7) is 4.00. The van der Waals surface area contributed by atoms with Crippen LogP contribution in [0.2, 0.25) is 10.0 Å². The van der Waals surface area contributed by atoms with E-state index in [9.17, 15) is 9.59 Å². The summed E-state index contributed by atoms with van der Waals surface area (Å²) in [5.41, 5.74) is 3.11. The van der Waals surface area contributed by atoms with Gasteiger partial charge in [-0.15, -0.1) is 11.8 Å². The fourth-order valence-corrected chi connectivity index (χ4v) is 3.99. The van der Waals surface area contributed by atoms with Crippen molar-refractivity contribution in [1.29, 1.82) is 0 Å². The third-order valence-electron chi connectivity index (χ3n) is 4.38. The third-order valence-corrected chi connectivity index (χ3v) is 5.96. The topological polar surface area (TPSA) is 49.4 Å². The Bertz CT molecular complexity index is 828. The minimum Gasteiger partial charge on any atom is -0.357 e. The molecule has 0 aliphatic heterocycles. The lowest BCUT2D eigenvalue weighted by Gasteiger charge is -2.28. The Morgan fingerprint density at radius 2 is 1.82 bits per heavy atom. The average molecular weight is 439 g/mol. The molecule has 1 N–H and O–H groups in total. The maximum absolute atomic E-state index is 12.9. The number of rotatable bonds is 8. The maximum Gasteiger partial charge on any atom is 0.242 e. The molecule has 0 heterocycles. The van der Waals surface area contributed by atoms with Crippen molar-refractivity contribution in [3.63, 3.8) is 0 Å². The Morgan fingerprint density at radius 3 is 2.43 bits per heavy atom. The highest BCUT2D eigenvalue weighted by atomic mass is 35.5. The number of amides is 2. The van der Waals surface area contributed by atoms with E-state index in [1.807, 2.05) is 6.92 Å². The Kier molecular flexibility index (Phi) is 8.67. The van der Waals surface area contributed by atoms with E-state index in [1.165, 1.54) is 17.3 Å². The molecule has 0 aliphatic carbocycles. The molecule has 4 nitrogen and oxygen atoms in total. The van der Waals surface area contributed by atoms with Crippen molar-refractivity contribution in [2.45, 2.75) is 32.2 Å². The molecule has 0 bridgehead atoms. The van der Waals surface area contributed by atoms with Crippen LogP contribution in [0.1, 0.15) is 23.6 Å². The van der Waals surface area contributed by atoms with Gasteiger partial charge in [0.15, 0.2) is 0 Å². The summed E-state index contributed by atoms with van der Waals surface area (Å²) in [7, 11) is 1.56. The number of carbonyl (C=O) groups excluding carboxylic acids is 2. The molecule has 0 saturated carbocycles. The number of hydrogen-bond donors (Lipinski definition) is 1. The summed E-state index contributed by atoms with van der Waals surface area (Å²) in [6.07, 6.45) is 0. The number of nitrogens with one attached hydrogen (secondary N) is 1. The largest absolute Gasteiger partial charge is 0.357 e. The average Bonchev–Trinajstić information content (AvgIpc) is 2.67. The van der Waals surface area contributed by atoms with Crippen molar-refractivity contribution >= 4 is 46.8 Å². The molecule has 0 aromatic heterocycles. The second-order valence-corrected chi connectivity index (χ2v) is 8.36. The SMILES string of the molecule is CNC(=O)C(C)N(Cc1ccc(Cl)cc1Cl)C(=O)CSCc1ccc(C)cc1. The summed E-state index contributed by atoms with van der Waals surface area (Å²) in [5, 5.41) is 3.60. The quantitative estimate of drug-likeness (QED) is 0.649. The first-order valence-electron chi connectivity index (χ1n) is 8.90. The highest BCUT2D eigenvalue weighted by Gasteiger charge is 2.26. The first-order chi connectivity index (χ1) is 13.3. The van der Waals surface area contributed by atoms with Crippen molar-refractivity contribution in [2.24, 2.45) is 0 Å². The van der Waals surface area contributed by atoms with Gasteiger partial charge in [0, 0.05) is 29.4 Å². The van der Waals surface area contributed by atoms with Crippen molar-refractivity contribution in [3.8, 4) is 0 Å². The van der Waals surface area contributed by atoms with Gasteiger partial charge in [0.05, 0.1) is 5.75 Å². The highest BCUT2D eigenvalue weighted by Crippen LogP contribution is 2.24. The molecule has 2 rings (SSSR count). The molecule has 2 aromatic rings.